The van der Waals surface area contributed by atoms with Crippen LogP contribution in [0, 0.1) is 0 Å². The maximum Gasteiger partial charge on any atom is 0.452 e. The van der Waals surface area contributed by atoms with Crippen LogP contribution in [0.15, 0.2) is 40.9 Å². The molecule has 1 aliphatic rings. The van der Waals surface area contributed by atoms with Gasteiger partial charge in [-0.3, -0.25) is 9.36 Å². The van der Waals surface area contributed by atoms with E-state index in [0.717, 1.165) is 4.57 Å². The molecule has 2 atom stereocenters. The van der Waals surface area contributed by atoms with Crippen molar-refractivity contribution in [1.82, 2.24) is 14.8 Å². The van der Waals surface area contributed by atoms with Crippen LogP contribution in [0.2, 0.25) is 0 Å². The summed E-state index contributed by atoms with van der Waals surface area (Å²) in [6, 6.07) is 9.88. The quantitative estimate of drug-likeness (QED) is 0.387. The van der Waals surface area contributed by atoms with Crippen LogP contribution in [-0.2, 0) is 20.4 Å². The molecule has 0 N–H and O–H groups in total. The number of benzene rings is 2. The molecule has 0 saturated heterocycles. The lowest BCUT2D eigenvalue weighted by molar-refractivity contribution is -0.147. The Morgan fingerprint density at radius 1 is 1.14 bits per heavy atom. The summed E-state index contributed by atoms with van der Waals surface area (Å²) < 4.78 is 65.7. The molecule has 35 heavy (non-hydrogen) atoms. The van der Waals surface area contributed by atoms with Crippen molar-refractivity contribution in [3.63, 3.8) is 0 Å². The van der Waals surface area contributed by atoms with Crippen LogP contribution in [0.4, 0.5) is 13.2 Å². The highest BCUT2D eigenvalue weighted by atomic mass is 79.9. The number of para-hydroxylation sites is 1. The molecule has 0 amide bonds. The van der Waals surface area contributed by atoms with E-state index in [4.69, 9.17) is 18.9 Å². The first kappa shape index (κ1) is 25.0. The Bertz CT molecular complexity index is 1250. The van der Waals surface area contributed by atoms with Gasteiger partial charge < -0.3 is 18.9 Å². The van der Waals surface area contributed by atoms with Crippen molar-refractivity contribution in [2.45, 2.75) is 31.7 Å². The zero-order valence-electron chi connectivity index (χ0n) is 18.9. The van der Waals surface area contributed by atoms with Gasteiger partial charge in [0.15, 0.2) is 17.3 Å². The molecule has 0 aliphatic carbocycles. The minimum atomic E-state index is -4.81. The standard InChI is InChI=1S/C23H21BrF3N3O5/c1-4-34-18(31)11-17-21-28-29-22(23(25,26)27)30(21)15-9-8-12(24)10-14(15)19(35-17)13-6-5-7-16(32-2)20(13)33-3/h5-10,17,19H,4,11H2,1-3H3. The average molecular weight is 556 g/mol. The van der Waals surface area contributed by atoms with E-state index in [1.807, 2.05) is 0 Å². The molecule has 0 bridgehead atoms. The number of alkyl halides is 3. The van der Waals surface area contributed by atoms with E-state index in [1.54, 1.807) is 37.3 Å². The lowest BCUT2D eigenvalue weighted by Gasteiger charge is -2.24. The molecule has 0 radical (unpaired) electrons. The van der Waals surface area contributed by atoms with Crippen LogP contribution in [-0.4, -0.2) is 41.6 Å². The third-order valence-electron chi connectivity index (χ3n) is 5.42. The van der Waals surface area contributed by atoms with Gasteiger partial charge in [-0.1, -0.05) is 28.1 Å². The van der Waals surface area contributed by atoms with Crippen LogP contribution in [0.3, 0.4) is 0 Å². The fourth-order valence-electron chi connectivity index (χ4n) is 4.03. The lowest BCUT2D eigenvalue weighted by Crippen LogP contribution is -2.18. The SMILES string of the molecule is CCOC(=O)CC1OC(c2cccc(OC)c2OC)c2cc(Br)ccc2-n2c1nnc2C(F)(F)F. The summed E-state index contributed by atoms with van der Waals surface area (Å²) in [6.07, 6.45) is -7.33. The van der Waals surface area contributed by atoms with Gasteiger partial charge in [-0.15, -0.1) is 10.2 Å². The molecule has 0 spiro atoms. The zero-order chi connectivity index (χ0) is 25.3. The third kappa shape index (κ3) is 4.72. The van der Waals surface area contributed by atoms with Gasteiger partial charge in [0, 0.05) is 15.6 Å². The Morgan fingerprint density at radius 3 is 2.57 bits per heavy atom. The van der Waals surface area contributed by atoms with Gasteiger partial charge in [0.1, 0.15) is 12.2 Å². The largest absolute Gasteiger partial charge is 0.493 e. The lowest BCUT2D eigenvalue weighted by atomic mass is 9.98. The second kappa shape index (κ2) is 9.86. The van der Waals surface area contributed by atoms with Gasteiger partial charge >= 0.3 is 12.1 Å². The van der Waals surface area contributed by atoms with Gasteiger partial charge in [0.25, 0.3) is 0 Å². The molecule has 8 nitrogen and oxygen atoms in total. The average Bonchev–Trinajstić information content (AvgIpc) is 3.22. The van der Waals surface area contributed by atoms with E-state index >= 15 is 0 Å². The van der Waals surface area contributed by atoms with Gasteiger partial charge in [0.05, 0.1) is 32.9 Å². The smallest absolute Gasteiger partial charge is 0.452 e. The normalized spacial score (nSPS) is 17.2. The predicted octanol–water partition coefficient (Wildman–Crippen LogP) is 5.18. The van der Waals surface area contributed by atoms with E-state index in [9.17, 15) is 18.0 Å². The van der Waals surface area contributed by atoms with Crippen molar-refractivity contribution in [2.24, 2.45) is 0 Å². The summed E-state index contributed by atoms with van der Waals surface area (Å²) >= 11 is 3.40. The molecular formula is C23H21BrF3N3O5. The molecule has 2 heterocycles. The van der Waals surface area contributed by atoms with E-state index < -0.39 is 30.2 Å². The maximum atomic E-state index is 14.0. The Morgan fingerprint density at radius 2 is 1.91 bits per heavy atom. The highest BCUT2D eigenvalue weighted by Crippen LogP contribution is 2.47. The van der Waals surface area contributed by atoms with Crippen LogP contribution in [0.1, 0.15) is 48.3 Å². The second-order valence-electron chi connectivity index (χ2n) is 7.51. The molecule has 2 unspecified atom stereocenters. The summed E-state index contributed by atoms with van der Waals surface area (Å²) in [5.41, 5.74) is 1.03. The zero-order valence-corrected chi connectivity index (χ0v) is 20.5. The van der Waals surface area contributed by atoms with Crippen LogP contribution in [0.5, 0.6) is 11.5 Å². The van der Waals surface area contributed by atoms with Crippen LogP contribution >= 0.6 is 15.9 Å². The third-order valence-corrected chi connectivity index (χ3v) is 5.91. The molecular weight excluding hydrogens is 535 g/mol. The topological polar surface area (TPSA) is 84.7 Å². The van der Waals surface area contributed by atoms with Gasteiger partial charge in [0.2, 0.25) is 5.82 Å². The summed E-state index contributed by atoms with van der Waals surface area (Å²) in [4.78, 5) is 12.4. The summed E-state index contributed by atoms with van der Waals surface area (Å²) in [7, 11) is 2.92. The van der Waals surface area contributed by atoms with Crippen molar-refractivity contribution in [3.05, 3.63) is 63.6 Å². The predicted molar refractivity (Wildman–Crippen MR) is 121 cm³/mol. The Kier molecular flexibility index (Phi) is 7.04. The molecule has 2 aromatic carbocycles. The van der Waals surface area contributed by atoms with Gasteiger partial charge in [-0.25, -0.2) is 0 Å². The molecule has 0 fully saturated rings. The molecule has 1 aromatic heterocycles. The number of carbonyl (C=O) groups excluding carboxylic acids is 1. The molecule has 0 saturated carbocycles. The van der Waals surface area contributed by atoms with E-state index in [2.05, 4.69) is 26.1 Å². The first-order chi connectivity index (χ1) is 16.7. The maximum absolute atomic E-state index is 14.0. The van der Waals surface area contributed by atoms with Crippen molar-refractivity contribution < 1.29 is 36.9 Å². The van der Waals surface area contributed by atoms with Crippen molar-refractivity contribution >= 4 is 21.9 Å². The first-order valence-electron chi connectivity index (χ1n) is 10.5. The summed E-state index contributed by atoms with van der Waals surface area (Å²) in [5.74, 6) is -1.30. The molecule has 4 rings (SSSR count). The minimum absolute atomic E-state index is 0.104. The van der Waals surface area contributed by atoms with Crippen molar-refractivity contribution in [3.8, 4) is 17.2 Å². The number of methoxy groups -OCH3 is 2. The van der Waals surface area contributed by atoms with E-state index in [0.29, 0.717) is 27.1 Å². The molecule has 12 heteroatoms. The highest BCUT2D eigenvalue weighted by molar-refractivity contribution is 9.10. The first-order valence-corrected chi connectivity index (χ1v) is 11.3. The molecule has 186 valence electrons. The molecule has 3 aromatic rings. The molecule has 1 aliphatic heterocycles. The number of esters is 1. The summed E-state index contributed by atoms with van der Waals surface area (Å²) in [5, 5.41) is 7.19. The number of ether oxygens (including phenoxy) is 4. The Labute approximate surface area is 207 Å². The van der Waals surface area contributed by atoms with Gasteiger partial charge in [-0.05, 0) is 31.2 Å². The number of nitrogens with zero attached hydrogens (tertiary/aromatic N) is 3. The minimum Gasteiger partial charge on any atom is -0.493 e. The number of halogens is 4. The van der Waals surface area contributed by atoms with E-state index in [-0.39, 0.29) is 24.5 Å². The van der Waals surface area contributed by atoms with Gasteiger partial charge in [-0.2, -0.15) is 13.2 Å². The highest BCUT2D eigenvalue weighted by Gasteiger charge is 2.44. The number of hydrogen-bond donors (Lipinski definition) is 0. The number of hydrogen-bond acceptors (Lipinski definition) is 7. The Hall–Kier alpha value is -3.12. The van der Waals surface area contributed by atoms with Crippen LogP contribution < -0.4 is 9.47 Å². The fraction of sp³-hybridized carbons (Fsp3) is 0.348. The number of rotatable bonds is 6. The van der Waals surface area contributed by atoms with E-state index in [1.165, 1.54) is 20.3 Å². The number of carbonyl (C=O) groups is 1. The van der Waals surface area contributed by atoms with Crippen LogP contribution in [0.25, 0.3) is 5.69 Å². The van der Waals surface area contributed by atoms with Crippen molar-refractivity contribution in [1.29, 1.82) is 0 Å². The fourth-order valence-corrected chi connectivity index (χ4v) is 4.41. The monoisotopic (exact) mass is 555 g/mol. The summed E-state index contributed by atoms with van der Waals surface area (Å²) in [6.45, 7) is 1.74. The Balaban J connectivity index is 2.00. The second-order valence-corrected chi connectivity index (χ2v) is 8.43. The van der Waals surface area contributed by atoms with Crippen molar-refractivity contribution in [2.75, 3.05) is 20.8 Å². The number of aromatic nitrogens is 3. The number of fused-ring (bicyclic) bond motifs is 3.